The molecule has 2 aromatic heterocycles. The molecule has 0 saturated heterocycles. The minimum atomic E-state index is -2.67. The van der Waals surface area contributed by atoms with Gasteiger partial charge >= 0.3 is 0 Å². The van der Waals surface area contributed by atoms with Gasteiger partial charge in [0.2, 0.25) is 0 Å². The largest absolute Gasteiger partial charge is 0.407 e. The first-order valence-electron chi connectivity index (χ1n) is 16.0. The summed E-state index contributed by atoms with van der Waals surface area (Å²) in [7, 11) is -2.67. The number of carbonyl (C=O) groups excluding carboxylic acids is 2. The van der Waals surface area contributed by atoms with E-state index in [0.717, 1.165) is 49.0 Å². The molecule has 6 rings (SSSR count). The highest BCUT2D eigenvalue weighted by Crippen LogP contribution is 2.37. The smallest absolute Gasteiger partial charge is 0.261 e. The van der Waals surface area contributed by atoms with Crippen LogP contribution in [-0.2, 0) is 20.6 Å². The van der Waals surface area contributed by atoms with Gasteiger partial charge in [0.25, 0.3) is 20.1 Å². The van der Waals surface area contributed by atoms with Crippen molar-refractivity contribution >= 4 is 52.8 Å². The molecule has 0 unspecified atom stereocenters. The second-order valence-electron chi connectivity index (χ2n) is 12.9. The zero-order valence-corrected chi connectivity index (χ0v) is 27.8. The van der Waals surface area contributed by atoms with Crippen molar-refractivity contribution < 1.29 is 14.0 Å². The fourth-order valence-electron chi connectivity index (χ4n) is 6.79. The summed E-state index contributed by atoms with van der Waals surface area (Å²) in [6.07, 6.45) is 9.00. The van der Waals surface area contributed by atoms with Crippen LogP contribution in [0.5, 0.6) is 0 Å². The maximum absolute atomic E-state index is 13.2. The number of nitrogens with zero attached hydrogens (tertiary/aromatic N) is 3. The molecule has 4 aromatic rings. The van der Waals surface area contributed by atoms with Gasteiger partial charge in [-0.25, -0.2) is 4.98 Å². The molecule has 236 valence electrons. The lowest BCUT2D eigenvalue weighted by molar-refractivity contribution is -0.123. The molecule has 0 spiro atoms. The summed E-state index contributed by atoms with van der Waals surface area (Å²) >= 11 is 0. The Morgan fingerprint density at radius 3 is 2.30 bits per heavy atom. The van der Waals surface area contributed by atoms with Crippen LogP contribution >= 0.6 is 0 Å². The summed E-state index contributed by atoms with van der Waals surface area (Å²) in [5.74, 6) is -0.950. The molecule has 46 heavy (non-hydrogen) atoms. The molecule has 9 heteroatoms. The second-order valence-corrected chi connectivity index (χ2v) is 17.2. The molecule has 8 nitrogen and oxygen atoms in total. The molecular formula is C37H41N5O3Si. The van der Waals surface area contributed by atoms with Gasteiger partial charge < -0.3 is 14.7 Å². The summed E-state index contributed by atoms with van der Waals surface area (Å²) in [5, 5.41) is 5.61. The van der Waals surface area contributed by atoms with Crippen molar-refractivity contribution in [3.8, 4) is 0 Å². The average molecular weight is 632 g/mol. The van der Waals surface area contributed by atoms with Gasteiger partial charge in [-0.2, -0.15) is 0 Å². The predicted molar refractivity (Wildman–Crippen MR) is 186 cm³/mol. The number of allylic oxidation sites excluding steroid dienone is 1. The van der Waals surface area contributed by atoms with Gasteiger partial charge in [0, 0.05) is 54.4 Å². The third-order valence-electron chi connectivity index (χ3n) is 8.88. The monoisotopic (exact) mass is 631 g/mol. The number of rotatable bonds is 10. The van der Waals surface area contributed by atoms with Crippen molar-refractivity contribution in [2.45, 2.75) is 58.0 Å². The van der Waals surface area contributed by atoms with E-state index in [1.54, 1.807) is 12.3 Å². The number of carbonyl (C=O) groups is 2. The number of amides is 2. The van der Waals surface area contributed by atoms with Gasteiger partial charge in [0.1, 0.15) is 5.65 Å². The molecule has 0 saturated carbocycles. The van der Waals surface area contributed by atoms with Crippen LogP contribution in [0.1, 0.15) is 52.0 Å². The third kappa shape index (κ3) is 5.88. The van der Waals surface area contributed by atoms with E-state index < -0.39 is 20.1 Å². The van der Waals surface area contributed by atoms with E-state index in [9.17, 15) is 9.59 Å². The fourth-order valence-corrected chi connectivity index (χ4v) is 11.4. The Morgan fingerprint density at radius 1 is 0.978 bits per heavy atom. The highest BCUT2D eigenvalue weighted by molar-refractivity contribution is 6.99. The first kappa shape index (κ1) is 31.4. The molecule has 0 bridgehead atoms. The van der Waals surface area contributed by atoms with Crippen molar-refractivity contribution in [2.75, 3.05) is 13.2 Å². The van der Waals surface area contributed by atoms with Gasteiger partial charge in [-0.15, -0.1) is 0 Å². The van der Waals surface area contributed by atoms with E-state index >= 15 is 0 Å². The van der Waals surface area contributed by atoms with Crippen LogP contribution in [-0.4, -0.2) is 48.5 Å². The van der Waals surface area contributed by atoms with E-state index in [1.807, 2.05) is 35.0 Å². The van der Waals surface area contributed by atoms with E-state index in [4.69, 9.17) is 10.2 Å². The van der Waals surface area contributed by atoms with Gasteiger partial charge in [-0.05, 0) is 59.3 Å². The van der Waals surface area contributed by atoms with Crippen LogP contribution in [0.25, 0.3) is 16.6 Å². The fraction of sp³-hybridized carbons (Fsp3) is 0.297. The molecule has 4 heterocycles. The lowest BCUT2D eigenvalue weighted by Gasteiger charge is -2.43. The number of nitrogens with two attached hydrogens (primary N) is 1. The lowest BCUT2D eigenvalue weighted by atomic mass is 9.98. The topological polar surface area (TPSA) is 112 Å². The van der Waals surface area contributed by atoms with Gasteiger partial charge in [0.05, 0.1) is 11.1 Å². The maximum Gasteiger partial charge on any atom is 0.261 e. The highest BCUT2D eigenvalue weighted by atomic mass is 28.4. The Hall–Kier alpha value is -4.60. The molecule has 0 fully saturated rings. The Balaban J connectivity index is 1.32. The van der Waals surface area contributed by atoms with Crippen molar-refractivity contribution in [2.24, 2.45) is 10.7 Å². The number of aryl methyl sites for hydroxylation is 1. The SMILES string of the molecule is CC(C)(C)[Si](OCCCn1cc(C2=C(C(N)=CC3=NCCCC3)C(=O)NC2=O)c2cccnc21)(c1ccccc1)c1ccccc1. The minimum absolute atomic E-state index is 0.119. The van der Waals surface area contributed by atoms with Crippen molar-refractivity contribution in [1.82, 2.24) is 14.9 Å². The number of benzene rings is 2. The number of nitrogens with one attached hydrogen (secondary N) is 1. The molecular weight excluding hydrogens is 591 g/mol. The number of fused-ring (bicyclic) bond motifs is 1. The molecule has 2 aliphatic heterocycles. The lowest BCUT2D eigenvalue weighted by Crippen LogP contribution is -2.66. The molecule has 2 aromatic carbocycles. The number of hydrogen-bond donors (Lipinski definition) is 2. The van der Waals surface area contributed by atoms with Crippen LogP contribution in [0.2, 0.25) is 5.04 Å². The number of aromatic nitrogens is 2. The normalized spacial score (nSPS) is 16.2. The van der Waals surface area contributed by atoms with Gasteiger partial charge in [-0.3, -0.25) is 19.9 Å². The van der Waals surface area contributed by atoms with Crippen LogP contribution in [0.4, 0.5) is 0 Å². The second kappa shape index (κ2) is 13.0. The molecule has 3 N–H and O–H groups in total. The number of imide groups is 1. The van der Waals surface area contributed by atoms with E-state index in [0.29, 0.717) is 18.7 Å². The van der Waals surface area contributed by atoms with Crippen molar-refractivity contribution in [1.29, 1.82) is 0 Å². The number of aliphatic imine (C=N–C) groups is 1. The van der Waals surface area contributed by atoms with Crippen LogP contribution in [0.3, 0.4) is 0 Å². The van der Waals surface area contributed by atoms with Gasteiger partial charge in [0.15, 0.2) is 0 Å². The first-order chi connectivity index (χ1) is 22.2. The van der Waals surface area contributed by atoms with E-state index in [1.165, 1.54) is 10.4 Å². The molecule has 0 radical (unpaired) electrons. The average Bonchev–Trinajstić information content (AvgIpc) is 3.57. The van der Waals surface area contributed by atoms with Crippen LogP contribution < -0.4 is 21.4 Å². The van der Waals surface area contributed by atoms with Crippen LogP contribution in [0.15, 0.2) is 108 Å². The van der Waals surface area contributed by atoms with Gasteiger partial charge in [-0.1, -0.05) is 81.4 Å². The van der Waals surface area contributed by atoms with E-state index in [2.05, 4.69) is 84.6 Å². The summed E-state index contributed by atoms with van der Waals surface area (Å²) in [6.45, 7) is 8.72. The Labute approximate surface area is 271 Å². The van der Waals surface area contributed by atoms with Crippen LogP contribution in [0, 0.1) is 0 Å². The summed E-state index contributed by atoms with van der Waals surface area (Å²) < 4.78 is 9.16. The Kier molecular flexibility index (Phi) is 8.88. The summed E-state index contributed by atoms with van der Waals surface area (Å²) in [5.41, 5.74) is 9.43. The third-order valence-corrected chi connectivity index (χ3v) is 13.9. The first-order valence-corrected chi connectivity index (χ1v) is 17.9. The Morgan fingerprint density at radius 2 is 1.67 bits per heavy atom. The Bertz CT molecular complexity index is 1810. The number of hydrogen-bond acceptors (Lipinski definition) is 6. The summed E-state index contributed by atoms with van der Waals surface area (Å²) in [6, 6.07) is 25.0. The molecule has 2 aliphatic rings. The minimum Gasteiger partial charge on any atom is -0.407 e. The highest BCUT2D eigenvalue weighted by Gasteiger charge is 2.50. The molecule has 0 atom stereocenters. The molecule has 0 aliphatic carbocycles. The zero-order chi connectivity index (χ0) is 32.3. The molecule has 2 amide bonds. The maximum atomic E-state index is 13.2. The quantitative estimate of drug-likeness (QED) is 0.147. The van der Waals surface area contributed by atoms with Crippen molar-refractivity contribution in [3.63, 3.8) is 0 Å². The summed E-state index contributed by atoms with van der Waals surface area (Å²) in [4.78, 5) is 35.5. The zero-order valence-electron chi connectivity index (χ0n) is 26.8. The number of pyridine rings is 1. The standard InChI is InChI=1S/C37H41N5O3Si/c1-37(2,3)46(27-15-6-4-7-16-27,28-17-8-5-9-18-28)45-23-13-22-42-25-30(29-19-12-21-40-34(29)42)32-33(36(44)41-35(32)43)31(38)24-26-14-10-11-20-39-26/h4-9,12,15-19,21,24-25H,10-11,13-14,20,22-23,38H2,1-3H3,(H,41,43,44). The van der Waals surface area contributed by atoms with E-state index in [-0.39, 0.29) is 21.9 Å². The van der Waals surface area contributed by atoms with Crippen molar-refractivity contribution in [3.05, 3.63) is 108 Å². The predicted octanol–water partition coefficient (Wildman–Crippen LogP) is 4.88.